The lowest BCUT2D eigenvalue weighted by Crippen LogP contribution is -2.65. The van der Waals surface area contributed by atoms with Gasteiger partial charge in [-0.05, 0) is 147 Å². The zero-order valence-corrected chi connectivity index (χ0v) is 42.6. The first kappa shape index (κ1) is 43.8. The maximum Gasteiger partial charge on any atom is 0.127 e. The highest BCUT2D eigenvalue weighted by atomic mass is 28.3. The molecule has 4 aromatic carbocycles. The van der Waals surface area contributed by atoms with E-state index in [1.165, 1.54) is 98.9 Å². The lowest BCUT2D eigenvalue weighted by Gasteiger charge is -2.56. The number of benzene rings is 4. The van der Waals surface area contributed by atoms with Crippen molar-refractivity contribution in [3.63, 3.8) is 0 Å². The molecule has 0 N–H and O–H groups in total. The molecule has 4 aromatic rings. The molecule has 9 rings (SSSR count). The van der Waals surface area contributed by atoms with Gasteiger partial charge in [0.1, 0.15) is 8.24 Å². The van der Waals surface area contributed by atoms with Gasteiger partial charge < -0.3 is 4.57 Å². The van der Waals surface area contributed by atoms with Crippen LogP contribution in [0.2, 0.25) is 18.6 Å². The normalized spacial score (nSPS) is 25.5. The van der Waals surface area contributed by atoms with E-state index < -0.39 is 13.7 Å². The van der Waals surface area contributed by atoms with Crippen LogP contribution in [0.5, 0.6) is 0 Å². The molecule has 5 atom stereocenters. The van der Waals surface area contributed by atoms with E-state index in [4.69, 9.17) is 0 Å². The smallest absolute Gasteiger partial charge is 0.127 e. The van der Waals surface area contributed by atoms with Crippen LogP contribution in [0.15, 0.2) is 96.6 Å². The lowest BCUT2D eigenvalue weighted by molar-refractivity contribution is 0.138. The number of aryl methyl sites for hydroxylation is 1. The predicted molar refractivity (Wildman–Crippen MR) is 270 cm³/mol. The van der Waals surface area contributed by atoms with Crippen molar-refractivity contribution in [2.24, 2.45) is 23.7 Å². The van der Waals surface area contributed by atoms with E-state index in [9.17, 15) is 0 Å². The number of hydrogen-bond acceptors (Lipinski definition) is 1. The van der Waals surface area contributed by atoms with Gasteiger partial charge in [-0.1, -0.05) is 198 Å². The van der Waals surface area contributed by atoms with Crippen LogP contribution in [0.1, 0.15) is 172 Å². The van der Waals surface area contributed by atoms with Crippen molar-refractivity contribution in [3.8, 4) is 11.1 Å². The molecule has 0 aromatic heterocycles. The Balaban J connectivity index is 1.25. The highest BCUT2D eigenvalue weighted by Gasteiger charge is 2.58. The molecule has 2 saturated carbocycles. The van der Waals surface area contributed by atoms with E-state index in [0.717, 1.165) is 6.04 Å². The summed E-state index contributed by atoms with van der Waals surface area (Å²) in [6.45, 7) is 39.9. The molecule has 62 heavy (non-hydrogen) atoms. The van der Waals surface area contributed by atoms with Crippen molar-refractivity contribution in [2.45, 2.75) is 181 Å². The fourth-order valence-electron chi connectivity index (χ4n) is 14.5. The Bertz CT molecular complexity index is 2400. The third-order valence-corrected chi connectivity index (χ3v) is 22.2. The summed E-state index contributed by atoms with van der Waals surface area (Å²) in [5.74, 6) is 2.52. The summed E-state index contributed by atoms with van der Waals surface area (Å²) in [6, 6.07) is 32.9. The summed E-state index contributed by atoms with van der Waals surface area (Å²) in [7, 11) is -1.93. The molecule has 5 unspecified atom stereocenters. The topological polar surface area (TPSA) is 3.24 Å². The van der Waals surface area contributed by atoms with E-state index in [1.54, 1.807) is 5.57 Å². The fraction of sp³-hybridized carbons (Fsp3) is 0.533. The molecule has 0 bridgehead atoms. The summed E-state index contributed by atoms with van der Waals surface area (Å²) in [5.41, 5.74) is 18.9. The monoisotopic (exact) mass is 842 g/mol. The van der Waals surface area contributed by atoms with Crippen molar-refractivity contribution >= 4 is 13.8 Å². The molecule has 328 valence electrons. The van der Waals surface area contributed by atoms with Crippen LogP contribution >= 0.6 is 0 Å². The second-order valence-corrected chi connectivity index (χ2v) is 29.5. The van der Waals surface area contributed by atoms with Crippen LogP contribution in [0.3, 0.4) is 0 Å². The second kappa shape index (κ2) is 14.5. The summed E-state index contributed by atoms with van der Waals surface area (Å²) in [5, 5.41) is 0. The van der Waals surface area contributed by atoms with Gasteiger partial charge in [-0.15, -0.1) is 0 Å². The van der Waals surface area contributed by atoms with E-state index in [2.05, 4.69) is 206 Å². The van der Waals surface area contributed by atoms with E-state index in [0.29, 0.717) is 29.2 Å². The minimum absolute atomic E-state index is 0.0241. The summed E-state index contributed by atoms with van der Waals surface area (Å²) in [4.78, 5) is 0. The number of rotatable bonds is 5. The quantitative estimate of drug-likeness (QED) is 0.159. The molecular weight excluding hydrogens is 763 g/mol. The predicted octanol–water partition coefficient (Wildman–Crippen LogP) is 16.1. The highest BCUT2D eigenvalue weighted by molar-refractivity contribution is 6.76. The van der Waals surface area contributed by atoms with E-state index >= 15 is 0 Å². The van der Waals surface area contributed by atoms with Crippen LogP contribution in [0.4, 0.5) is 0 Å². The maximum atomic E-state index is 3.16. The molecule has 2 heteroatoms. The third kappa shape index (κ3) is 6.52. The van der Waals surface area contributed by atoms with Crippen LogP contribution in [0, 0.1) is 30.6 Å². The first-order valence-electron chi connectivity index (χ1n) is 24.7. The minimum atomic E-state index is -1.93. The van der Waals surface area contributed by atoms with Crippen molar-refractivity contribution in [1.29, 1.82) is 0 Å². The van der Waals surface area contributed by atoms with Gasteiger partial charge in [0.2, 0.25) is 0 Å². The van der Waals surface area contributed by atoms with E-state index in [-0.39, 0.29) is 21.8 Å². The number of allylic oxidation sites excluding steroid dienone is 4. The molecule has 5 aliphatic rings. The SMILES string of the molecule is Cc1ccc(C2(c3ccc4c(c3)C(C)(C)C3=CC5C(C)C(C)C([Si](C)(C)N(C6CCCCC6)C(C)(C)C)C5C=C34)c3cc(C(C)(C)C)ccc3-c3ccc(C(C)(C)C)cc32)cc1. The Morgan fingerprint density at radius 1 is 0.581 bits per heavy atom. The average Bonchev–Trinajstić information content (AvgIpc) is 3.72. The van der Waals surface area contributed by atoms with Crippen LogP contribution in [-0.4, -0.2) is 24.4 Å². The molecule has 1 nitrogen and oxygen atoms in total. The van der Waals surface area contributed by atoms with Crippen molar-refractivity contribution in [1.82, 2.24) is 4.57 Å². The molecule has 2 fully saturated rings. The van der Waals surface area contributed by atoms with Crippen molar-refractivity contribution < 1.29 is 0 Å². The molecule has 0 amide bonds. The van der Waals surface area contributed by atoms with Gasteiger partial charge in [0.25, 0.3) is 0 Å². The second-order valence-electron chi connectivity index (χ2n) is 25.1. The fourth-order valence-corrected chi connectivity index (χ4v) is 20.6. The van der Waals surface area contributed by atoms with Crippen LogP contribution in [-0.2, 0) is 21.7 Å². The summed E-state index contributed by atoms with van der Waals surface area (Å²) < 4.78 is 3.16. The standard InChI is InChI=1S/C60H79NSi/c1-37-22-24-40(25-23-37)60(53-32-41(56(4,5)6)26-29-45(53)46-30-27-42(33-54(46)60)57(7,8)9)43-28-31-47-49-35-50-48(36-52(49)59(13,14)51(47)34-43)38(2)39(3)55(50)62(15,16)61(58(10,11)12)44-20-18-17-19-21-44/h22-36,38-39,44,48,50,55H,17-21H2,1-16H3. The van der Waals surface area contributed by atoms with Gasteiger partial charge in [0, 0.05) is 17.0 Å². The Kier molecular flexibility index (Phi) is 10.3. The maximum absolute atomic E-state index is 3.16. The third-order valence-electron chi connectivity index (χ3n) is 17.4. The first-order chi connectivity index (χ1) is 28.9. The Morgan fingerprint density at radius 2 is 1.11 bits per heavy atom. The van der Waals surface area contributed by atoms with Gasteiger partial charge in [-0.25, -0.2) is 0 Å². The molecular formula is C60H79NSi. The van der Waals surface area contributed by atoms with Crippen LogP contribution < -0.4 is 0 Å². The summed E-state index contributed by atoms with van der Waals surface area (Å²) >= 11 is 0. The first-order valence-corrected chi connectivity index (χ1v) is 27.7. The number of nitrogens with zero attached hydrogens (tertiary/aromatic N) is 1. The molecule has 0 spiro atoms. The molecule has 0 heterocycles. The van der Waals surface area contributed by atoms with Gasteiger partial charge in [-0.3, -0.25) is 0 Å². The van der Waals surface area contributed by atoms with Gasteiger partial charge in [0.15, 0.2) is 0 Å². The lowest BCUT2D eigenvalue weighted by atomic mass is 9.65. The van der Waals surface area contributed by atoms with E-state index in [1.807, 2.05) is 0 Å². The molecule has 0 saturated heterocycles. The van der Waals surface area contributed by atoms with Crippen molar-refractivity contribution in [3.05, 3.63) is 147 Å². The number of hydrogen-bond donors (Lipinski definition) is 0. The Hall–Kier alpha value is -3.46. The van der Waals surface area contributed by atoms with Gasteiger partial charge >= 0.3 is 0 Å². The van der Waals surface area contributed by atoms with Crippen molar-refractivity contribution in [2.75, 3.05) is 0 Å². The average molecular weight is 842 g/mol. The molecule has 5 aliphatic carbocycles. The zero-order chi connectivity index (χ0) is 44.7. The van der Waals surface area contributed by atoms with Gasteiger partial charge in [0.05, 0.1) is 5.41 Å². The zero-order valence-electron chi connectivity index (χ0n) is 41.6. The Labute approximate surface area is 379 Å². The largest absolute Gasteiger partial charge is 0.316 e. The summed E-state index contributed by atoms with van der Waals surface area (Å²) in [6.07, 6.45) is 12.6. The Morgan fingerprint density at radius 3 is 1.65 bits per heavy atom. The minimum Gasteiger partial charge on any atom is -0.316 e. The molecule has 0 aliphatic heterocycles. The highest BCUT2D eigenvalue weighted by Crippen LogP contribution is 2.64. The van der Waals surface area contributed by atoms with Crippen LogP contribution in [0.25, 0.3) is 16.7 Å². The number of fused-ring (bicyclic) bond motifs is 7. The molecule has 0 radical (unpaired) electrons. The van der Waals surface area contributed by atoms with Gasteiger partial charge in [-0.2, -0.15) is 0 Å².